The molecular formula is C27H41FO. The van der Waals surface area contributed by atoms with Crippen LogP contribution in [-0.4, -0.2) is 13.2 Å². The third kappa shape index (κ3) is 5.06. The Morgan fingerprint density at radius 2 is 1.79 bits per heavy atom. The average Bonchev–Trinajstić information content (AvgIpc) is 2.76. The molecule has 5 atom stereocenters. The number of rotatable bonds is 7. The number of ether oxygens (including phenoxy) is 1. The molecule has 0 spiro atoms. The van der Waals surface area contributed by atoms with Crippen LogP contribution in [0.4, 0.5) is 4.39 Å². The maximum atomic E-state index is 15.1. The van der Waals surface area contributed by atoms with Crippen molar-refractivity contribution >= 4 is 0 Å². The van der Waals surface area contributed by atoms with Gasteiger partial charge in [-0.05, 0) is 104 Å². The van der Waals surface area contributed by atoms with E-state index in [9.17, 15) is 0 Å². The molecule has 4 rings (SSSR count). The van der Waals surface area contributed by atoms with Gasteiger partial charge < -0.3 is 4.74 Å². The summed E-state index contributed by atoms with van der Waals surface area (Å²) in [7, 11) is 1.86. The summed E-state index contributed by atoms with van der Waals surface area (Å²) in [6, 6.07) is 4.32. The Labute approximate surface area is 177 Å². The molecule has 5 unspecified atom stereocenters. The molecule has 0 aromatic heterocycles. The molecule has 2 heteroatoms. The Morgan fingerprint density at radius 1 is 0.966 bits per heavy atom. The first-order valence-electron chi connectivity index (χ1n) is 12.5. The van der Waals surface area contributed by atoms with Crippen molar-refractivity contribution in [3.05, 3.63) is 34.6 Å². The van der Waals surface area contributed by atoms with Crippen LogP contribution in [0, 0.1) is 23.6 Å². The number of aryl methyl sites for hydroxylation is 1. The molecular weight excluding hydrogens is 359 g/mol. The van der Waals surface area contributed by atoms with E-state index in [0.717, 1.165) is 30.2 Å². The molecule has 0 heterocycles. The Bertz CT molecular complexity index is 669. The van der Waals surface area contributed by atoms with Gasteiger partial charge in [-0.15, -0.1) is 0 Å². The highest BCUT2D eigenvalue weighted by molar-refractivity contribution is 5.37. The molecule has 0 aliphatic heterocycles. The lowest BCUT2D eigenvalue weighted by Crippen LogP contribution is -2.33. The molecule has 3 aliphatic carbocycles. The Morgan fingerprint density at radius 3 is 2.62 bits per heavy atom. The van der Waals surface area contributed by atoms with Gasteiger partial charge in [0, 0.05) is 7.11 Å². The average molecular weight is 401 g/mol. The lowest BCUT2D eigenvalue weighted by atomic mass is 9.65. The predicted molar refractivity (Wildman–Crippen MR) is 119 cm³/mol. The standard InChI is InChI=1S/C27H41FO/c1-3-4-5-6-7-19-8-9-23-16-24(18-27(28)26(23)14-19)21-10-11-22-17-25(29-2)13-12-20(22)15-21/h16,18-22,25H,3-15,17H2,1-2H3. The predicted octanol–water partition coefficient (Wildman–Crippen LogP) is 7.60. The minimum atomic E-state index is 0.0981. The third-order valence-electron chi connectivity index (χ3n) is 8.46. The molecule has 1 aromatic rings. The lowest BCUT2D eigenvalue weighted by molar-refractivity contribution is 0.0123. The van der Waals surface area contributed by atoms with Crippen molar-refractivity contribution in [3.8, 4) is 0 Å². The van der Waals surface area contributed by atoms with E-state index in [0.29, 0.717) is 17.9 Å². The summed E-state index contributed by atoms with van der Waals surface area (Å²) in [4.78, 5) is 0. The molecule has 162 valence electrons. The van der Waals surface area contributed by atoms with E-state index >= 15 is 4.39 Å². The van der Waals surface area contributed by atoms with Crippen LogP contribution in [-0.2, 0) is 17.6 Å². The van der Waals surface area contributed by atoms with E-state index in [-0.39, 0.29) is 5.82 Å². The van der Waals surface area contributed by atoms with Gasteiger partial charge in [0.2, 0.25) is 0 Å². The number of methoxy groups -OCH3 is 1. The van der Waals surface area contributed by atoms with Gasteiger partial charge in [-0.2, -0.15) is 0 Å². The number of unbranched alkanes of at least 4 members (excludes halogenated alkanes) is 3. The van der Waals surface area contributed by atoms with Crippen molar-refractivity contribution in [2.45, 2.75) is 109 Å². The number of benzene rings is 1. The highest BCUT2D eigenvalue weighted by Crippen LogP contribution is 2.47. The number of fused-ring (bicyclic) bond motifs is 2. The van der Waals surface area contributed by atoms with Crippen molar-refractivity contribution in [1.29, 1.82) is 0 Å². The first kappa shape index (κ1) is 21.3. The van der Waals surface area contributed by atoms with Gasteiger partial charge in [-0.3, -0.25) is 0 Å². The Hall–Kier alpha value is -0.890. The summed E-state index contributed by atoms with van der Waals surface area (Å²) >= 11 is 0. The second kappa shape index (κ2) is 9.94. The van der Waals surface area contributed by atoms with Crippen LogP contribution in [0.1, 0.15) is 107 Å². The third-order valence-corrected chi connectivity index (χ3v) is 8.46. The van der Waals surface area contributed by atoms with Gasteiger partial charge in [0.1, 0.15) is 5.82 Å². The zero-order chi connectivity index (χ0) is 20.2. The summed E-state index contributed by atoms with van der Waals surface area (Å²) in [5.74, 6) is 3.03. The molecule has 1 aromatic carbocycles. The van der Waals surface area contributed by atoms with Crippen LogP contribution in [0.3, 0.4) is 0 Å². The van der Waals surface area contributed by atoms with Gasteiger partial charge in [0.15, 0.2) is 0 Å². The quantitative estimate of drug-likeness (QED) is 0.428. The largest absolute Gasteiger partial charge is 0.381 e. The molecule has 29 heavy (non-hydrogen) atoms. The first-order chi connectivity index (χ1) is 14.2. The molecule has 1 nitrogen and oxygen atoms in total. The highest BCUT2D eigenvalue weighted by atomic mass is 19.1. The van der Waals surface area contributed by atoms with Gasteiger partial charge in [0.25, 0.3) is 0 Å². The highest BCUT2D eigenvalue weighted by Gasteiger charge is 2.36. The normalized spacial score (nSPS) is 31.9. The van der Waals surface area contributed by atoms with Gasteiger partial charge >= 0.3 is 0 Å². The fourth-order valence-corrected chi connectivity index (χ4v) is 6.62. The van der Waals surface area contributed by atoms with Crippen LogP contribution in [0.2, 0.25) is 0 Å². The minimum absolute atomic E-state index is 0.0981. The monoisotopic (exact) mass is 400 g/mol. The number of hydrogen-bond acceptors (Lipinski definition) is 1. The number of halogens is 1. The van der Waals surface area contributed by atoms with Crippen LogP contribution >= 0.6 is 0 Å². The fraction of sp³-hybridized carbons (Fsp3) is 0.778. The van der Waals surface area contributed by atoms with E-state index in [1.165, 1.54) is 88.2 Å². The van der Waals surface area contributed by atoms with E-state index in [1.54, 1.807) is 0 Å². The maximum Gasteiger partial charge on any atom is 0.126 e. The molecule has 3 aliphatic rings. The second-order valence-corrected chi connectivity index (χ2v) is 10.3. The Kier molecular flexibility index (Phi) is 7.32. The second-order valence-electron chi connectivity index (χ2n) is 10.3. The molecule has 0 N–H and O–H groups in total. The topological polar surface area (TPSA) is 9.23 Å². The summed E-state index contributed by atoms with van der Waals surface area (Å²) in [6.45, 7) is 2.26. The van der Waals surface area contributed by atoms with Crippen molar-refractivity contribution in [2.75, 3.05) is 7.11 Å². The smallest absolute Gasteiger partial charge is 0.126 e. The molecule has 2 saturated carbocycles. The SMILES string of the molecule is CCCCCCC1CCc2cc(C3CCC4CC(OC)CCC4C3)cc(F)c2C1. The van der Waals surface area contributed by atoms with Crippen molar-refractivity contribution in [3.63, 3.8) is 0 Å². The number of hydrogen-bond donors (Lipinski definition) is 0. The minimum Gasteiger partial charge on any atom is -0.381 e. The summed E-state index contributed by atoms with van der Waals surface area (Å²) in [6.07, 6.45) is 17.9. The summed E-state index contributed by atoms with van der Waals surface area (Å²) in [5, 5.41) is 0. The van der Waals surface area contributed by atoms with Crippen LogP contribution in [0.25, 0.3) is 0 Å². The molecule has 0 saturated heterocycles. The summed E-state index contributed by atoms with van der Waals surface area (Å²) < 4.78 is 20.7. The van der Waals surface area contributed by atoms with E-state index < -0.39 is 0 Å². The summed E-state index contributed by atoms with van der Waals surface area (Å²) in [5.41, 5.74) is 3.68. The Balaban J connectivity index is 1.38. The molecule has 0 radical (unpaired) electrons. The van der Waals surface area contributed by atoms with Gasteiger partial charge in [0.05, 0.1) is 6.10 Å². The fourth-order valence-electron chi connectivity index (χ4n) is 6.62. The van der Waals surface area contributed by atoms with Gasteiger partial charge in [-0.1, -0.05) is 45.1 Å². The lowest BCUT2D eigenvalue weighted by Gasteiger charge is -2.42. The van der Waals surface area contributed by atoms with Crippen molar-refractivity contribution in [1.82, 2.24) is 0 Å². The van der Waals surface area contributed by atoms with Gasteiger partial charge in [-0.25, -0.2) is 4.39 Å². The van der Waals surface area contributed by atoms with E-state index in [1.807, 2.05) is 13.2 Å². The maximum absolute atomic E-state index is 15.1. The molecule has 0 bridgehead atoms. The van der Waals surface area contributed by atoms with Crippen molar-refractivity contribution in [2.24, 2.45) is 17.8 Å². The van der Waals surface area contributed by atoms with Crippen molar-refractivity contribution < 1.29 is 9.13 Å². The van der Waals surface area contributed by atoms with E-state index in [2.05, 4.69) is 13.0 Å². The molecule has 2 fully saturated rings. The van der Waals surface area contributed by atoms with Crippen LogP contribution in [0.15, 0.2) is 12.1 Å². The van der Waals surface area contributed by atoms with Crippen LogP contribution in [0.5, 0.6) is 0 Å². The first-order valence-corrected chi connectivity index (χ1v) is 12.5. The molecule has 0 amide bonds. The van der Waals surface area contributed by atoms with Crippen LogP contribution < -0.4 is 0 Å². The van der Waals surface area contributed by atoms with E-state index in [4.69, 9.17) is 4.74 Å². The zero-order valence-electron chi connectivity index (χ0n) is 18.7. The zero-order valence-corrected chi connectivity index (χ0v) is 18.7.